The second-order valence-corrected chi connectivity index (χ2v) is 9.06. The molecule has 0 N–H and O–H groups in total. The summed E-state index contributed by atoms with van der Waals surface area (Å²) in [6, 6.07) is 13.7. The molecule has 5 nitrogen and oxygen atoms in total. The highest BCUT2D eigenvalue weighted by Crippen LogP contribution is 2.34. The van der Waals surface area contributed by atoms with E-state index in [0.29, 0.717) is 27.8 Å². The van der Waals surface area contributed by atoms with Gasteiger partial charge in [-0.2, -0.15) is 0 Å². The van der Waals surface area contributed by atoms with Gasteiger partial charge >= 0.3 is 0 Å². The van der Waals surface area contributed by atoms with Gasteiger partial charge < -0.3 is 4.90 Å². The molecule has 7 heteroatoms. The molecule has 1 saturated carbocycles. The molecule has 3 aromatic rings. The minimum absolute atomic E-state index is 0.290. The number of hydrogen-bond acceptors (Lipinski definition) is 3. The molecule has 1 aromatic heterocycles. The summed E-state index contributed by atoms with van der Waals surface area (Å²) in [6.07, 6.45) is 4.94. The molecular weight excluding hydrogens is 419 g/mol. The molecule has 0 radical (unpaired) electrons. The molecule has 0 bridgehead atoms. The number of carbonyl (C=O) groups excluding carboxylic acids is 1. The van der Waals surface area contributed by atoms with Crippen LogP contribution in [-0.2, 0) is 11.3 Å². The van der Waals surface area contributed by atoms with E-state index in [2.05, 4.69) is 22.4 Å². The van der Waals surface area contributed by atoms with Crippen molar-refractivity contribution in [2.24, 2.45) is 11.8 Å². The Morgan fingerprint density at radius 1 is 1.03 bits per heavy atom. The van der Waals surface area contributed by atoms with Crippen LogP contribution in [-0.4, -0.2) is 38.9 Å². The topological polar surface area (TPSA) is 51.0 Å². The number of rotatable bonds is 5. The van der Waals surface area contributed by atoms with E-state index >= 15 is 0 Å². The average Bonchev–Trinajstić information content (AvgIpc) is 3.32. The molecule has 2 fully saturated rings. The predicted molar refractivity (Wildman–Crippen MR) is 118 cm³/mol. The van der Waals surface area contributed by atoms with Crippen LogP contribution in [0.1, 0.15) is 19.3 Å². The molecule has 2 heterocycles. The standard InChI is InChI=1S/C23H22Cl2N4O/c24-19-7-8-20(21(25)11-19)16-1-3-17(4-2-16)22-12-26-27-29(22)14-15-9-10-28(13-15)23(30)18-5-6-18/h1-4,7-8,11-12,15,18H,5-6,9-10,13-14H2. The first-order valence-electron chi connectivity index (χ1n) is 10.3. The summed E-state index contributed by atoms with van der Waals surface area (Å²) in [5.41, 5.74) is 4.02. The van der Waals surface area contributed by atoms with Crippen molar-refractivity contribution in [1.82, 2.24) is 19.9 Å². The second kappa shape index (κ2) is 8.05. The summed E-state index contributed by atoms with van der Waals surface area (Å²) < 4.78 is 1.96. The van der Waals surface area contributed by atoms with Gasteiger partial charge in [0, 0.05) is 46.7 Å². The van der Waals surface area contributed by atoms with Gasteiger partial charge in [-0.15, -0.1) is 5.10 Å². The molecular formula is C23H22Cl2N4O. The maximum atomic E-state index is 12.3. The summed E-state index contributed by atoms with van der Waals surface area (Å²) in [6.45, 7) is 2.46. The fourth-order valence-corrected chi connectivity index (χ4v) is 4.69. The highest BCUT2D eigenvalue weighted by Gasteiger charge is 2.36. The van der Waals surface area contributed by atoms with Crippen molar-refractivity contribution in [3.05, 3.63) is 58.7 Å². The largest absolute Gasteiger partial charge is 0.342 e. The van der Waals surface area contributed by atoms with Gasteiger partial charge in [0.05, 0.1) is 11.9 Å². The van der Waals surface area contributed by atoms with E-state index in [1.54, 1.807) is 12.3 Å². The molecule has 1 aliphatic carbocycles. The molecule has 0 spiro atoms. The third kappa shape index (κ3) is 3.96. The molecule has 2 aliphatic rings. The van der Waals surface area contributed by atoms with E-state index < -0.39 is 0 Å². The zero-order valence-electron chi connectivity index (χ0n) is 16.5. The highest BCUT2D eigenvalue weighted by molar-refractivity contribution is 6.36. The summed E-state index contributed by atoms with van der Waals surface area (Å²) in [5, 5.41) is 9.70. The maximum Gasteiger partial charge on any atom is 0.225 e. The predicted octanol–water partition coefficient (Wildman–Crippen LogP) is 5.18. The van der Waals surface area contributed by atoms with E-state index in [4.69, 9.17) is 23.2 Å². The van der Waals surface area contributed by atoms with E-state index in [1.807, 2.05) is 33.8 Å². The van der Waals surface area contributed by atoms with Crippen molar-refractivity contribution in [3.8, 4) is 22.4 Å². The Bertz CT molecular complexity index is 1080. The average molecular weight is 441 g/mol. The highest BCUT2D eigenvalue weighted by atomic mass is 35.5. The molecule has 1 saturated heterocycles. The van der Waals surface area contributed by atoms with E-state index in [0.717, 1.165) is 61.3 Å². The van der Waals surface area contributed by atoms with Crippen molar-refractivity contribution in [2.75, 3.05) is 13.1 Å². The number of carbonyl (C=O) groups is 1. The summed E-state index contributed by atoms with van der Waals surface area (Å²) in [4.78, 5) is 14.3. The first-order chi connectivity index (χ1) is 14.6. The Kier molecular flexibility index (Phi) is 5.25. The monoisotopic (exact) mass is 440 g/mol. The Morgan fingerprint density at radius 3 is 2.53 bits per heavy atom. The van der Waals surface area contributed by atoms with E-state index in [9.17, 15) is 4.79 Å². The van der Waals surface area contributed by atoms with E-state index in [1.165, 1.54) is 0 Å². The number of hydrogen-bond donors (Lipinski definition) is 0. The van der Waals surface area contributed by atoms with Crippen LogP contribution < -0.4 is 0 Å². The first kappa shape index (κ1) is 19.6. The second-order valence-electron chi connectivity index (χ2n) is 8.22. The summed E-state index contributed by atoms with van der Waals surface area (Å²) in [7, 11) is 0. The fraction of sp³-hybridized carbons (Fsp3) is 0.348. The Balaban J connectivity index is 1.30. The van der Waals surface area contributed by atoms with Gasteiger partial charge in [0.25, 0.3) is 0 Å². The van der Waals surface area contributed by atoms with Crippen molar-refractivity contribution in [2.45, 2.75) is 25.8 Å². The van der Waals surface area contributed by atoms with Crippen LogP contribution in [0.5, 0.6) is 0 Å². The molecule has 154 valence electrons. The van der Waals surface area contributed by atoms with E-state index in [-0.39, 0.29) is 0 Å². The summed E-state index contributed by atoms with van der Waals surface area (Å²) >= 11 is 12.4. The number of benzene rings is 2. The molecule has 1 atom stereocenters. The SMILES string of the molecule is O=C(C1CC1)N1CCC(Cn2nncc2-c2ccc(-c3ccc(Cl)cc3Cl)cc2)C1. The lowest BCUT2D eigenvalue weighted by atomic mass is 10.0. The van der Waals surface area contributed by atoms with Crippen LogP contribution in [0.4, 0.5) is 0 Å². The lowest BCUT2D eigenvalue weighted by Gasteiger charge is -2.16. The Labute approximate surface area is 185 Å². The van der Waals surface area contributed by atoms with Gasteiger partial charge in [0.2, 0.25) is 5.91 Å². The number of halogens is 2. The van der Waals surface area contributed by atoms with Gasteiger partial charge in [0.15, 0.2) is 0 Å². The normalized spacial score (nSPS) is 18.7. The van der Waals surface area contributed by atoms with Crippen molar-refractivity contribution in [1.29, 1.82) is 0 Å². The first-order valence-corrected chi connectivity index (χ1v) is 11.1. The third-order valence-corrected chi connectivity index (χ3v) is 6.54. The van der Waals surface area contributed by atoms with Crippen LogP contribution >= 0.6 is 23.2 Å². The maximum absolute atomic E-state index is 12.3. The quantitative estimate of drug-likeness (QED) is 0.549. The Hall–Kier alpha value is -2.37. The molecule has 30 heavy (non-hydrogen) atoms. The van der Waals surface area contributed by atoms with Crippen molar-refractivity contribution < 1.29 is 4.79 Å². The van der Waals surface area contributed by atoms with Gasteiger partial charge in [-0.1, -0.05) is 58.7 Å². The molecule has 2 aromatic carbocycles. The lowest BCUT2D eigenvalue weighted by molar-refractivity contribution is -0.131. The van der Waals surface area contributed by atoms with Crippen LogP contribution in [0.3, 0.4) is 0 Å². The molecule has 1 amide bonds. The smallest absolute Gasteiger partial charge is 0.225 e. The fourth-order valence-electron chi connectivity index (χ4n) is 4.18. The minimum Gasteiger partial charge on any atom is -0.342 e. The summed E-state index contributed by atoms with van der Waals surface area (Å²) in [5.74, 6) is 1.05. The van der Waals surface area contributed by atoms with Crippen molar-refractivity contribution in [3.63, 3.8) is 0 Å². The van der Waals surface area contributed by atoms with Gasteiger partial charge in [0.1, 0.15) is 0 Å². The molecule has 1 aliphatic heterocycles. The third-order valence-electron chi connectivity index (χ3n) is 6.00. The van der Waals surface area contributed by atoms with Gasteiger partial charge in [-0.3, -0.25) is 4.79 Å². The van der Waals surface area contributed by atoms with Crippen molar-refractivity contribution >= 4 is 29.1 Å². The number of aromatic nitrogens is 3. The van der Waals surface area contributed by atoms with Gasteiger partial charge in [-0.05, 0) is 42.9 Å². The van der Waals surface area contributed by atoms with Crippen LogP contribution in [0, 0.1) is 11.8 Å². The van der Waals surface area contributed by atoms with Crippen LogP contribution in [0.2, 0.25) is 10.0 Å². The Morgan fingerprint density at radius 2 is 1.80 bits per heavy atom. The minimum atomic E-state index is 0.290. The number of likely N-dealkylation sites (tertiary alicyclic amines) is 1. The number of nitrogens with zero attached hydrogens (tertiary/aromatic N) is 4. The van der Waals surface area contributed by atoms with Crippen LogP contribution in [0.15, 0.2) is 48.7 Å². The van der Waals surface area contributed by atoms with Crippen LogP contribution in [0.25, 0.3) is 22.4 Å². The lowest BCUT2D eigenvalue weighted by Crippen LogP contribution is -2.30. The van der Waals surface area contributed by atoms with Gasteiger partial charge in [-0.25, -0.2) is 4.68 Å². The number of amides is 1. The zero-order chi connectivity index (χ0) is 20.7. The molecule has 5 rings (SSSR count). The molecule has 1 unspecified atom stereocenters. The zero-order valence-corrected chi connectivity index (χ0v) is 18.0.